The first-order chi connectivity index (χ1) is 12.2. The van der Waals surface area contributed by atoms with E-state index in [9.17, 15) is 4.79 Å². The van der Waals surface area contributed by atoms with Crippen molar-refractivity contribution in [2.45, 2.75) is 6.54 Å². The van der Waals surface area contributed by atoms with E-state index in [0.29, 0.717) is 11.4 Å². The van der Waals surface area contributed by atoms with Gasteiger partial charge in [-0.05, 0) is 24.3 Å². The highest BCUT2D eigenvalue weighted by molar-refractivity contribution is 5.94. The first-order valence-electron chi connectivity index (χ1n) is 7.41. The van der Waals surface area contributed by atoms with Crippen LogP contribution in [0, 0.1) is 0 Å². The van der Waals surface area contributed by atoms with Gasteiger partial charge in [0.2, 0.25) is 0 Å². The van der Waals surface area contributed by atoms with E-state index >= 15 is 0 Å². The number of benzene rings is 1. The maximum atomic E-state index is 12.4. The zero-order valence-corrected chi connectivity index (χ0v) is 13.7. The molecule has 25 heavy (non-hydrogen) atoms. The lowest BCUT2D eigenvalue weighted by molar-refractivity contribution is 0.0949. The van der Waals surface area contributed by atoms with Crippen LogP contribution >= 0.6 is 0 Å². The van der Waals surface area contributed by atoms with Gasteiger partial charge in [0.15, 0.2) is 5.82 Å². The summed E-state index contributed by atoms with van der Waals surface area (Å²) >= 11 is 0. The Kier molecular flexibility index (Phi) is 4.84. The highest BCUT2D eigenvalue weighted by atomic mass is 16.5. The molecule has 2 heterocycles. The number of rotatable bonds is 6. The third-order valence-corrected chi connectivity index (χ3v) is 3.29. The molecular formula is C16H16N6O3. The van der Waals surface area contributed by atoms with Crippen LogP contribution < -0.4 is 14.8 Å². The fourth-order valence-electron chi connectivity index (χ4n) is 2.11. The maximum Gasteiger partial charge on any atom is 0.322 e. The smallest absolute Gasteiger partial charge is 0.322 e. The molecule has 9 heteroatoms. The third-order valence-electron chi connectivity index (χ3n) is 3.29. The summed E-state index contributed by atoms with van der Waals surface area (Å²) < 4.78 is 11.6. The van der Waals surface area contributed by atoms with E-state index in [0.717, 1.165) is 5.69 Å². The van der Waals surface area contributed by atoms with Crippen LogP contribution in [0.4, 0.5) is 0 Å². The van der Waals surface area contributed by atoms with Gasteiger partial charge in [-0.1, -0.05) is 6.07 Å². The largest absolute Gasteiger partial charge is 0.467 e. The minimum absolute atomic E-state index is 0.111. The Labute approximate surface area is 143 Å². The Hall–Kier alpha value is -3.49. The molecule has 2 aromatic heterocycles. The summed E-state index contributed by atoms with van der Waals surface area (Å²) in [6.07, 6.45) is 3.48. The Morgan fingerprint density at radius 2 is 1.88 bits per heavy atom. The minimum Gasteiger partial charge on any atom is -0.467 e. The summed E-state index contributed by atoms with van der Waals surface area (Å²) in [6, 6.07) is 9.18. The Morgan fingerprint density at radius 1 is 1.12 bits per heavy atom. The van der Waals surface area contributed by atoms with Gasteiger partial charge < -0.3 is 14.8 Å². The quantitative estimate of drug-likeness (QED) is 0.714. The molecule has 128 valence electrons. The number of hydrogen-bond acceptors (Lipinski definition) is 7. The zero-order valence-electron chi connectivity index (χ0n) is 13.7. The molecule has 3 rings (SSSR count). The Balaban J connectivity index is 1.72. The molecular weight excluding hydrogens is 324 g/mol. The van der Waals surface area contributed by atoms with Crippen LogP contribution in [-0.4, -0.2) is 44.9 Å². The molecule has 0 saturated carbocycles. The number of aromatic nitrogens is 5. The average Bonchev–Trinajstić information content (AvgIpc) is 3.20. The van der Waals surface area contributed by atoms with Gasteiger partial charge in [0, 0.05) is 18.0 Å². The van der Waals surface area contributed by atoms with Gasteiger partial charge in [0.25, 0.3) is 5.91 Å². The molecule has 0 fully saturated rings. The zero-order chi connectivity index (χ0) is 17.6. The van der Waals surface area contributed by atoms with Crippen LogP contribution in [0.25, 0.3) is 5.69 Å². The van der Waals surface area contributed by atoms with Crippen molar-refractivity contribution in [2.24, 2.45) is 0 Å². The molecule has 0 atom stereocenters. The van der Waals surface area contributed by atoms with Gasteiger partial charge in [-0.2, -0.15) is 15.1 Å². The van der Waals surface area contributed by atoms with Crippen molar-refractivity contribution in [3.63, 3.8) is 0 Å². The van der Waals surface area contributed by atoms with Crippen molar-refractivity contribution >= 4 is 5.91 Å². The fourth-order valence-corrected chi connectivity index (χ4v) is 2.11. The molecule has 1 aromatic carbocycles. The molecule has 0 aliphatic carbocycles. The van der Waals surface area contributed by atoms with Crippen LogP contribution in [0.1, 0.15) is 16.2 Å². The molecule has 0 spiro atoms. The summed E-state index contributed by atoms with van der Waals surface area (Å²) in [4.78, 5) is 24.4. The molecule has 0 aliphatic heterocycles. The van der Waals surface area contributed by atoms with Crippen molar-refractivity contribution in [3.8, 4) is 17.7 Å². The summed E-state index contributed by atoms with van der Waals surface area (Å²) in [5, 5.41) is 6.91. The van der Waals surface area contributed by atoms with Crippen LogP contribution in [0.3, 0.4) is 0 Å². The van der Waals surface area contributed by atoms with Gasteiger partial charge in [0.05, 0.1) is 26.5 Å². The van der Waals surface area contributed by atoms with E-state index in [1.54, 1.807) is 35.3 Å². The molecule has 3 aromatic rings. The van der Waals surface area contributed by atoms with E-state index in [-0.39, 0.29) is 24.5 Å². The number of amides is 1. The molecule has 1 N–H and O–H groups in total. The van der Waals surface area contributed by atoms with Gasteiger partial charge >= 0.3 is 12.0 Å². The number of hydrogen-bond donors (Lipinski definition) is 1. The van der Waals surface area contributed by atoms with Gasteiger partial charge in [-0.3, -0.25) is 4.79 Å². The third kappa shape index (κ3) is 3.89. The first-order valence-corrected chi connectivity index (χ1v) is 7.41. The molecule has 0 aliphatic rings. The summed E-state index contributed by atoms with van der Waals surface area (Å²) in [5.41, 5.74) is 1.29. The second-order valence-electron chi connectivity index (χ2n) is 4.91. The number of carbonyl (C=O) groups excluding carboxylic acids is 1. The fraction of sp³-hybridized carbons (Fsp3) is 0.188. The van der Waals surface area contributed by atoms with Gasteiger partial charge in [-0.25, -0.2) is 4.68 Å². The van der Waals surface area contributed by atoms with Crippen molar-refractivity contribution < 1.29 is 14.3 Å². The lowest BCUT2D eigenvalue weighted by atomic mass is 10.2. The minimum atomic E-state index is -0.257. The van der Waals surface area contributed by atoms with E-state index in [1.165, 1.54) is 14.2 Å². The average molecular weight is 340 g/mol. The van der Waals surface area contributed by atoms with Crippen molar-refractivity contribution in [2.75, 3.05) is 14.2 Å². The number of nitrogens with zero attached hydrogens (tertiary/aromatic N) is 5. The van der Waals surface area contributed by atoms with Crippen molar-refractivity contribution in [1.82, 2.24) is 30.0 Å². The number of ether oxygens (including phenoxy) is 2. The van der Waals surface area contributed by atoms with Gasteiger partial charge in [-0.15, -0.1) is 4.98 Å². The lowest BCUT2D eigenvalue weighted by Gasteiger charge is -2.08. The van der Waals surface area contributed by atoms with Crippen LogP contribution in [0.5, 0.6) is 12.0 Å². The SMILES string of the molecule is COc1nc(CNC(=O)c2cccc(-n3cccn3)c2)nc(OC)n1. The highest BCUT2D eigenvalue weighted by Crippen LogP contribution is 2.11. The number of nitrogens with one attached hydrogen (secondary N) is 1. The van der Waals surface area contributed by atoms with Crippen LogP contribution in [0.2, 0.25) is 0 Å². The lowest BCUT2D eigenvalue weighted by Crippen LogP contribution is -2.24. The Bertz CT molecular complexity index is 844. The molecule has 0 unspecified atom stereocenters. The Morgan fingerprint density at radius 3 is 2.52 bits per heavy atom. The predicted molar refractivity (Wildman–Crippen MR) is 87.7 cm³/mol. The number of methoxy groups -OCH3 is 2. The molecule has 1 amide bonds. The second kappa shape index (κ2) is 7.39. The molecule has 0 saturated heterocycles. The van der Waals surface area contributed by atoms with Gasteiger partial charge in [0.1, 0.15) is 0 Å². The van der Waals surface area contributed by atoms with Crippen molar-refractivity contribution in [3.05, 3.63) is 54.1 Å². The summed E-state index contributed by atoms with van der Waals surface area (Å²) in [7, 11) is 2.88. The van der Waals surface area contributed by atoms with E-state index in [1.807, 2.05) is 12.1 Å². The molecule has 0 radical (unpaired) electrons. The summed E-state index contributed by atoms with van der Waals surface area (Å²) in [6.45, 7) is 0.111. The predicted octanol–water partition coefficient (Wildman–Crippen LogP) is 1.00. The standard InChI is InChI=1S/C16H16N6O3/c1-24-15-19-13(20-16(21-15)25-2)10-17-14(23)11-5-3-6-12(9-11)22-8-4-7-18-22/h3-9H,10H2,1-2H3,(H,17,23). The summed E-state index contributed by atoms with van der Waals surface area (Å²) in [5.74, 6) is 0.0765. The maximum absolute atomic E-state index is 12.4. The first kappa shape index (κ1) is 16.4. The van der Waals surface area contributed by atoms with Crippen molar-refractivity contribution in [1.29, 1.82) is 0 Å². The van der Waals surface area contributed by atoms with Crippen LogP contribution in [-0.2, 0) is 6.54 Å². The molecule has 0 bridgehead atoms. The van der Waals surface area contributed by atoms with Crippen LogP contribution in [0.15, 0.2) is 42.7 Å². The molecule has 9 nitrogen and oxygen atoms in total. The second-order valence-corrected chi connectivity index (χ2v) is 4.91. The van der Waals surface area contributed by atoms with E-state index in [4.69, 9.17) is 9.47 Å². The topological polar surface area (TPSA) is 104 Å². The van der Waals surface area contributed by atoms with E-state index < -0.39 is 0 Å². The van der Waals surface area contributed by atoms with E-state index in [2.05, 4.69) is 25.4 Å². The highest BCUT2D eigenvalue weighted by Gasteiger charge is 2.11. The number of carbonyl (C=O) groups is 1. The normalized spacial score (nSPS) is 10.3. The monoisotopic (exact) mass is 340 g/mol.